The summed E-state index contributed by atoms with van der Waals surface area (Å²) in [5.74, 6) is -0.631. The highest BCUT2D eigenvalue weighted by atomic mass is 16.5. The lowest BCUT2D eigenvalue weighted by atomic mass is 9.94. The van der Waals surface area contributed by atoms with Gasteiger partial charge >= 0.3 is 0 Å². The molecule has 1 aliphatic rings. The zero-order valence-corrected chi connectivity index (χ0v) is 22.6. The van der Waals surface area contributed by atoms with E-state index >= 15 is 0 Å². The van der Waals surface area contributed by atoms with E-state index in [2.05, 4.69) is 80.6 Å². The van der Waals surface area contributed by atoms with Gasteiger partial charge in [0, 0.05) is 48.5 Å². The lowest BCUT2D eigenvalue weighted by Gasteiger charge is -2.27. The van der Waals surface area contributed by atoms with E-state index in [0.29, 0.717) is 29.8 Å². The minimum absolute atomic E-state index is 0.0755. The van der Waals surface area contributed by atoms with Crippen LogP contribution in [0.3, 0.4) is 0 Å². The number of aliphatic hydroxyl groups excluding tert-OH is 1. The van der Waals surface area contributed by atoms with Gasteiger partial charge in [0.25, 0.3) is 0 Å². The number of carbonyl (C=O) groups is 1. The number of anilines is 2. The normalized spacial score (nSPS) is 15.1. The number of nitrogens with zero attached hydrogens (tertiary/aromatic N) is 3. The molecular formula is C30H39N3O3. The fourth-order valence-corrected chi connectivity index (χ4v) is 4.65. The van der Waals surface area contributed by atoms with Crippen LogP contribution in [0.4, 0.5) is 17.1 Å². The molecule has 0 saturated heterocycles. The molecule has 0 spiro atoms. The van der Waals surface area contributed by atoms with Crippen molar-refractivity contribution in [1.29, 1.82) is 0 Å². The molecule has 0 fully saturated rings. The molecule has 0 heterocycles. The Hall–Kier alpha value is -3.54. The van der Waals surface area contributed by atoms with Crippen molar-refractivity contribution in [2.45, 2.75) is 60.0 Å². The van der Waals surface area contributed by atoms with Crippen molar-refractivity contribution < 1.29 is 14.6 Å². The monoisotopic (exact) mass is 489 g/mol. The predicted molar refractivity (Wildman–Crippen MR) is 150 cm³/mol. The van der Waals surface area contributed by atoms with E-state index in [1.807, 2.05) is 24.3 Å². The van der Waals surface area contributed by atoms with E-state index in [9.17, 15) is 9.90 Å². The fourth-order valence-electron chi connectivity index (χ4n) is 4.65. The number of aliphatic imine (C=N–C) groups is 1. The average molecular weight is 490 g/mol. The highest BCUT2D eigenvalue weighted by molar-refractivity contribution is 6.50. The topological polar surface area (TPSA) is 65.4 Å². The van der Waals surface area contributed by atoms with Crippen LogP contribution in [-0.4, -0.2) is 48.9 Å². The largest absolute Gasteiger partial charge is 0.504 e. The van der Waals surface area contributed by atoms with Gasteiger partial charge in [0.05, 0.1) is 12.8 Å². The van der Waals surface area contributed by atoms with E-state index in [4.69, 9.17) is 4.74 Å². The Morgan fingerprint density at radius 1 is 0.861 bits per heavy atom. The van der Waals surface area contributed by atoms with Crippen molar-refractivity contribution in [3.63, 3.8) is 0 Å². The number of benzene rings is 2. The van der Waals surface area contributed by atoms with Gasteiger partial charge in [-0.1, -0.05) is 12.1 Å². The molecular weight excluding hydrogens is 450 g/mol. The highest BCUT2D eigenvalue weighted by Crippen LogP contribution is 2.28. The molecule has 0 unspecified atom stereocenters. The fraction of sp³-hybridized carbons (Fsp3) is 0.400. The van der Waals surface area contributed by atoms with Crippen LogP contribution >= 0.6 is 0 Å². The quantitative estimate of drug-likeness (QED) is 0.391. The number of allylic oxidation sites excluding steroid dienone is 3. The smallest absolute Gasteiger partial charge is 0.249 e. The molecule has 36 heavy (non-hydrogen) atoms. The molecule has 0 aliphatic heterocycles. The van der Waals surface area contributed by atoms with Crippen molar-refractivity contribution in [2.24, 2.45) is 4.99 Å². The molecule has 1 N–H and O–H groups in total. The maximum absolute atomic E-state index is 13.0. The van der Waals surface area contributed by atoms with Crippen LogP contribution in [0.1, 0.15) is 47.1 Å². The number of methoxy groups -OCH3 is 1. The third kappa shape index (κ3) is 5.99. The van der Waals surface area contributed by atoms with E-state index in [-0.39, 0.29) is 17.2 Å². The number of Topliss-reactive ketones (excluding diaryl/α,β-unsaturated/α-hetero) is 1. The van der Waals surface area contributed by atoms with Crippen molar-refractivity contribution in [3.05, 3.63) is 77.3 Å². The average Bonchev–Trinajstić information content (AvgIpc) is 2.85. The van der Waals surface area contributed by atoms with E-state index < -0.39 is 5.78 Å². The summed E-state index contributed by atoms with van der Waals surface area (Å²) >= 11 is 0. The van der Waals surface area contributed by atoms with Crippen LogP contribution in [0.15, 0.2) is 76.7 Å². The number of carbonyl (C=O) groups excluding carboxylic acids is 1. The Kier molecular flexibility index (Phi) is 8.97. The van der Waals surface area contributed by atoms with Crippen molar-refractivity contribution >= 4 is 28.6 Å². The second-order valence-electron chi connectivity index (χ2n) is 9.50. The Balaban J connectivity index is 1.89. The van der Waals surface area contributed by atoms with Gasteiger partial charge < -0.3 is 19.6 Å². The molecule has 0 radical (unpaired) electrons. The Morgan fingerprint density at radius 3 is 1.81 bits per heavy atom. The molecule has 3 rings (SSSR count). The third-order valence-corrected chi connectivity index (χ3v) is 6.49. The second kappa shape index (κ2) is 11.9. The summed E-state index contributed by atoms with van der Waals surface area (Å²) in [6.45, 7) is 14.8. The van der Waals surface area contributed by atoms with Crippen LogP contribution in [0.5, 0.6) is 0 Å². The highest BCUT2D eigenvalue weighted by Gasteiger charge is 2.28. The summed E-state index contributed by atoms with van der Waals surface area (Å²) < 4.78 is 5.28. The maximum Gasteiger partial charge on any atom is 0.249 e. The first-order valence-corrected chi connectivity index (χ1v) is 12.7. The lowest BCUT2D eigenvalue weighted by molar-refractivity contribution is -0.112. The third-order valence-electron chi connectivity index (χ3n) is 6.49. The van der Waals surface area contributed by atoms with Crippen LogP contribution in [0.2, 0.25) is 0 Å². The van der Waals surface area contributed by atoms with Crippen LogP contribution in [0.25, 0.3) is 0 Å². The van der Waals surface area contributed by atoms with Gasteiger partial charge in [0.2, 0.25) is 11.5 Å². The minimum Gasteiger partial charge on any atom is -0.504 e. The molecule has 0 bridgehead atoms. The molecule has 0 aromatic heterocycles. The van der Waals surface area contributed by atoms with Gasteiger partial charge in [-0.05, 0) is 89.6 Å². The van der Waals surface area contributed by atoms with E-state index in [1.165, 1.54) is 7.11 Å². The lowest BCUT2D eigenvalue weighted by Crippen LogP contribution is -2.30. The summed E-state index contributed by atoms with van der Waals surface area (Å²) in [7, 11) is 1.39. The zero-order valence-electron chi connectivity index (χ0n) is 22.6. The van der Waals surface area contributed by atoms with Gasteiger partial charge in [-0.25, -0.2) is 4.99 Å². The van der Waals surface area contributed by atoms with E-state index in [1.54, 1.807) is 6.08 Å². The Labute approximate surface area is 215 Å². The number of hydrogen-bond acceptors (Lipinski definition) is 6. The van der Waals surface area contributed by atoms with Crippen molar-refractivity contribution in [3.8, 4) is 0 Å². The maximum atomic E-state index is 13.0. The Bertz CT molecular complexity index is 1140. The summed E-state index contributed by atoms with van der Waals surface area (Å²) in [4.78, 5) is 22.2. The molecule has 2 aromatic carbocycles. The first-order chi connectivity index (χ1) is 17.2. The first kappa shape index (κ1) is 27.1. The van der Waals surface area contributed by atoms with Gasteiger partial charge in [-0.2, -0.15) is 0 Å². The molecule has 6 nitrogen and oxygen atoms in total. The van der Waals surface area contributed by atoms with Gasteiger partial charge in [0.15, 0.2) is 5.76 Å². The molecule has 0 saturated carbocycles. The van der Waals surface area contributed by atoms with Crippen LogP contribution < -0.4 is 9.80 Å². The number of ether oxygens (including phenoxy) is 1. The number of hydrogen-bond donors (Lipinski definition) is 1. The predicted octanol–water partition coefficient (Wildman–Crippen LogP) is 6.40. The summed E-state index contributed by atoms with van der Waals surface area (Å²) in [6, 6.07) is 17.0. The van der Waals surface area contributed by atoms with Gasteiger partial charge in [-0.15, -0.1) is 0 Å². The second-order valence-corrected chi connectivity index (χ2v) is 9.50. The van der Waals surface area contributed by atoms with Crippen LogP contribution in [0, 0.1) is 0 Å². The van der Waals surface area contributed by atoms with Crippen molar-refractivity contribution in [1.82, 2.24) is 0 Å². The standard InChI is InChI=1S/C30H39N3O3/c1-8-32(20(3)4)25-14-10-22(11-15-25)18-23-19-27(29(35)30(36-7)28(23)34)31-24-12-16-26(17-13-24)33(9-2)21(5)6/h10-17,19-21,34H,8-9,18H2,1-7H3. The zero-order chi connectivity index (χ0) is 26.4. The summed E-state index contributed by atoms with van der Waals surface area (Å²) in [6.07, 6.45) is 2.12. The molecule has 1 aliphatic carbocycles. The SMILES string of the molecule is CCN(c1ccc(CC2=CC(=Nc3ccc(N(CC)C(C)C)cc3)C(=O)C(OC)=C2O)cc1)C(C)C. The number of aliphatic hydroxyl groups is 1. The minimum atomic E-state index is -0.425. The van der Waals surface area contributed by atoms with Gasteiger partial charge in [0.1, 0.15) is 5.71 Å². The molecule has 192 valence electrons. The molecule has 6 heteroatoms. The molecule has 2 aromatic rings. The number of ketones is 1. The number of rotatable bonds is 10. The Morgan fingerprint density at radius 2 is 1.36 bits per heavy atom. The van der Waals surface area contributed by atoms with E-state index in [0.717, 1.165) is 30.0 Å². The molecule has 0 atom stereocenters. The first-order valence-electron chi connectivity index (χ1n) is 12.7. The summed E-state index contributed by atoms with van der Waals surface area (Å²) in [5.41, 5.74) is 4.82. The molecule has 0 amide bonds. The van der Waals surface area contributed by atoms with Gasteiger partial charge in [-0.3, -0.25) is 4.79 Å². The van der Waals surface area contributed by atoms with Crippen LogP contribution in [-0.2, 0) is 16.0 Å². The summed E-state index contributed by atoms with van der Waals surface area (Å²) in [5, 5.41) is 10.8. The van der Waals surface area contributed by atoms with Crippen molar-refractivity contribution in [2.75, 3.05) is 30.0 Å².